The summed E-state index contributed by atoms with van der Waals surface area (Å²) in [4.78, 5) is 13.6. The third-order valence-corrected chi connectivity index (χ3v) is 2.93. The van der Waals surface area contributed by atoms with E-state index in [-0.39, 0.29) is 5.91 Å². The number of rotatable bonds is 1. The molecular formula is C11H13ClN2O2. The Kier molecular flexibility index (Phi) is 3.03. The van der Waals surface area contributed by atoms with E-state index < -0.39 is 6.10 Å². The molecule has 0 aromatic heterocycles. The number of benzene rings is 1. The van der Waals surface area contributed by atoms with Gasteiger partial charge in [-0.2, -0.15) is 0 Å². The van der Waals surface area contributed by atoms with Crippen molar-refractivity contribution in [1.29, 1.82) is 0 Å². The predicted molar refractivity (Wildman–Crippen MR) is 62.4 cm³/mol. The van der Waals surface area contributed by atoms with Gasteiger partial charge in [-0.25, -0.2) is 0 Å². The number of aliphatic hydroxyl groups is 1. The molecule has 0 bridgehead atoms. The Hall–Kier alpha value is -1.26. The van der Waals surface area contributed by atoms with E-state index in [2.05, 4.69) is 0 Å². The van der Waals surface area contributed by atoms with Crippen molar-refractivity contribution in [1.82, 2.24) is 4.90 Å². The van der Waals surface area contributed by atoms with Crippen LogP contribution in [0.5, 0.6) is 0 Å². The van der Waals surface area contributed by atoms with E-state index in [0.29, 0.717) is 35.8 Å². The first kappa shape index (κ1) is 11.2. The molecule has 1 aliphatic rings. The van der Waals surface area contributed by atoms with Gasteiger partial charge in [0, 0.05) is 23.8 Å². The van der Waals surface area contributed by atoms with Gasteiger partial charge in [-0.1, -0.05) is 11.6 Å². The SMILES string of the molecule is Nc1cc(Cl)ccc1C(=O)N1CC[C@H](O)C1. The van der Waals surface area contributed by atoms with E-state index in [1.54, 1.807) is 23.1 Å². The van der Waals surface area contributed by atoms with Crippen molar-refractivity contribution in [2.45, 2.75) is 12.5 Å². The molecule has 5 heteroatoms. The Labute approximate surface area is 98.6 Å². The lowest BCUT2D eigenvalue weighted by atomic mass is 10.1. The van der Waals surface area contributed by atoms with Crippen LogP contribution in [0.3, 0.4) is 0 Å². The lowest BCUT2D eigenvalue weighted by Crippen LogP contribution is -2.30. The molecule has 4 nitrogen and oxygen atoms in total. The number of nitrogens with two attached hydrogens (primary N) is 1. The van der Waals surface area contributed by atoms with Crippen LogP contribution in [0.25, 0.3) is 0 Å². The van der Waals surface area contributed by atoms with E-state index in [9.17, 15) is 9.90 Å². The number of anilines is 1. The van der Waals surface area contributed by atoms with Crippen LogP contribution in [-0.2, 0) is 0 Å². The van der Waals surface area contributed by atoms with Gasteiger partial charge in [0.2, 0.25) is 0 Å². The maximum absolute atomic E-state index is 12.0. The van der Waals surface area contributed by atoms with Gasteiger partial charge >= 0.3 is 0 Å². The Morgan fingerprint density at radius 1 is 1.56 bits per heavy atom. The molecule has 1 aromatic rings. The summed E-state index contributed by atoms with van der Waals surface area (Å²) in [6.07, 6.45) is 0.205. The van der Waals surface area contributed by atoms with E-state index in [0.717, 1.165) is 0 Å². The molecular weight excluding hydrogens is 228 g/mol. The van der Waals surface area contributed by atoms with E-state index in [4.69, 9.17) is 17.3 Å². The second-order valence-corrected chi connectivity index (χ2v) is 4.36. The lowest BCUT2D eigenvalue weighted by Gasteiger charge is -2.16. The first-order chi connectivity index (χ1) is 7.58. The zero-order valence-corrected chi connectivity index (χ0v) is 9.44. The summed E-state index contributed by atoms with van der Waals surface area (Å²) in [5.41, 5.74) is 6.55. The summed E-state index contributed by atoms with van der Waals surface area (Å²) >= 11 is 5.76. The smallest absolute Gasteiger partial charge is 0.256 e. The molecule has 1 amide bonds. The molecule has 16 heavy (non-hydrogen) atoms. The highest BCUT2D eigenvalue weighted by Crippen LogP contribution is 2.21. The fourth-order valence-electron chi connectivity index (χ4n) is 1.82. The van der Waals surface area contributed by atoms with Gasteiger partial charge in [-0.3, -0.25) is 4.79 Å². The molecule has 0 spiro atoms. The van der Waals surface area contributed by atoms with Crippen LogP contribution in [0, 0.1) is 0 Å². The van der Waals surface area contributed by atoms with Crippen LogP contribution in [0.1, 0.15) is 16.8 Å². The van der Waals surface area contributed by atoms with Crippen molar-refractivity contribution in [3.8, 4) is 0 Å². The highest BCUT2D eigenvalue weighted by Gasteiger charge is 2.26. The molecule has 1 atom stereocenters. The predicted octanol–water partition coefficient (Wildman–Crippen LogP) is 1.13. The molecule has 3 N–H and O–H groups in total. The van der Waals surface area contributed by atoms with Crippen molar-refractivity contribution in [2.24, 2.45) is 0 Å². The number of halogens is 1. The third kappa shape index (κ3) is 2.13. The summed E-state index contributed by atoms with van der Waals surface area (Å²) < 4.78 is 0. The highest BCUT2D eigenvalue weighted by atomic mass is 35.5. The molecule has 1 aromatic carbocycles. The Balaban J connectivity index is 2.21. The Bertz CT molecular complexity index is 422. The maximum atomic E-state index is 12.0. The van der Waals surface area contributed by atoms with E-state index in [1.807, 2.05) is 0 Å². The average molecular weight is 241 g/mol. The van der Waals surface area contributed by atoms with Crippen molar-refractivity contribution < 1.29 is 9.90 Å². The number of aliphatic hydroxyl groups excluding tert-OH is 1. The van der Waals surface area contributed by atoms with E-state index >= 15 is 0 Å². The van der Waals surface area contributed by atoms with Gasteiger partial charge in [0.05, 0.1) is 11.7 Å². The molecule has 2 rings (SSSR count). The number of carbonyl (C=O) groups excluding carboxylic acids is 1. The monoisotopic (exact) mass is 240 g/mol. The number of hydrogen-bond donors (Lipinski definition) is 2. The van der Waals surface area contributed by atoms with Gasteiger partial charge in [-0.05, 0) is 24.6 Å². The first-order valence-corrected chi connectivity index (χ1v) is 5.48. The standard InChI is InChI=1S/C11H13ClN2O2/c12-7-1-2-9(10(13)5-7)11(16)14-4-3-8(15)6-14/h1-2,5,8,15H,3-4,6,13H2/t8-/m0/s1. The van der Waals surface area contributed by atoms with Crippen LogP contribution < -0.4 is 5.73 Å². The van der Waals surface area contributed by atoms with Gasteiger partial charge in [0.25, 0.3) is 5.91 Å². The van der Waals surface area contributed by atoms with Gasteiger partial charge in [0.1, 0.15) is 0 Å². The molecule has 0 radical (unpaired) electrons. The Morgan fingerprint density at radius 2 is 2.31 bits per heavy atom. The second kappa shape index (κ2) is 4.31. The minimum atomic E-state index is -0.419. The molecule has 0 saturated carbocycles. The number of carbonyl (C=O) groups is 1. The summed E-state index contributed by atoms with van der Waals surface area (Å²) in [6, 6.07) is 4.81. The quantitative estimate of drug-likeness (QED) is 0.724. The van der Waals surface area contributed by atoms with Gasteiger partial charge < -0.3 is 15.7 Å². The van der Waals surface area contributed by atoms with Crippen molar-refractivity contribution >= 4 is 23.2 Å². The summed E-state index contributed by atoms with van der Waals surface area (Å²) in [6.45, 7) is 0.947. The third-order valence-electron chi connectivity index (χ3n) is 2.69. The fourth-order valence-corrected chi connectivity index (χ4v) is 2.01. The van der Waals surface area contributed by atoms with Crippen LogP contribution in [0.4, 0.5) is 5.69 Å². The average Bonchev–Trinajstić information content (AvgIpc) is 2.64. The number of hydrogen-bond acceptors (Lipinski definition) is 3. The molecule has 86 valence electrons. The maximum Gasteiger partial charge on any atom is 0.256 e. The molecule has 1 heterocycles. The van der Waals surface area contributed by atoms with Gasteiger partial charge in [0.15, 0.2) is 0 Å². The van der Waals surface area contributed by atoms with Crippen molar-refractivity contribution in [2.75, 3.05) is 18.8 Å². The largest absolute Gasteiger partial charge is 0.398 e. The minimum absolute atomic E-state index is 0.147. The zero-order valence-electron chi connectivity index (χ0n) is 8.69. The molecule has 0 unspecified atom stereocenters. The van der Waals surface area contributed by atoms with Crippen LogP contribution in [-0.4, -0.2) is 35.1 Å². The van der Waals surface area contributed by atoms with Crippen LogP contribution in [0.15, 0.2) is 18.2 Å². The molecule has 0 aliphatic carbocycles. The first-order valence-electron chi connectivity index (χ1n) is 5.10. The topological polar surface area (TPSA) is 66.6 Å². The summed E-state index contributed by atoms with van der Waals surface area (Å²) in [5.74, 6) is -0.147. The number of amides is 1. The van der Waals surface area contributed by atoms with Crippen LogP contribution in [0.2, 0.25) is 5.02 Å². The second-order valence-electron chi connectivity index (χ2n) is 3.93. The van der Waals surface area contributed by atoms with E-state index in [1.165, 1.54) is 0 Å². The van der Waals surface area contributed by atoms with Crippen molar-refractivity contribution in [3.63, 3.8) is 0 Å². The van der Waals surface area contributed by atoms with Crippen LogP contribution >= 0.6 is 11.6 Å². The summed E-state index contributed by atoms with van der Waals surface area (Å²) in [7, 11) is 0. The Morgan fingerprint density at radius 3 is 2.88 bits per heavy atom. The van der Waals surface area contributed by atoms with Gasteiger partial charge in [-0.15, -0.1) is 0 Å². The zero-order chi connectivity index (χ0) is 11.7. The summed E-state index contributed by atoms with van der Waals surface area (Å²) in [5, 5.41) is 9.87. The normalized spacial score (nSPS) is 20.1. The number of β-amino-alcohol motifs (C(OH)–C–C–N with tert-alkyl or cyclic N) is 1. The molecule has 1 aliphatic heterocycles. The fraction of sp³-hybridized carbons (Fsp3) is 0.364. The van der Waals surface area contributed by atoms with Crippen molar-refractivity contribution in [3.05, 3.63) is 28.8 Å². The minimum Gasteiger partial charge on any atom is -0.398 e. The highest BCUT2D eigenvalue weighted by molar-refractivity contribution is 6.31. The number of nitrogens with zero attached hydrogens (tertiary/aromatic N) is 1. The molecule has 1 fully saturated rings. The number of likely N-dealkylation sites (tertiary alicyclic amines) is 1. The number of nitrogen functional groups attached to an aromatic ring is 1. The molecule has 1 saturated heterocycles. The lowest BCUT2D eigenvalue weighted by molar-refractivity contribution is 0.0766.